The lowest BCUT2D eigenvalue weighted by Crippen LogP contribution is -2.42. The highest BCUT2D eigenvalue weighted by Crippen LogP contribution is 2.40. The van der Waals surface area contributed by atoms with Gasteiger partial charge in [0, 0.05) is 45.4 Å². The third-order valence-corrected chi connectivity index (χ3v) is 5.75. The van der Waals surface area contributed by atoms with Crippen molar-refractivity contribution >= 4 is 5.91 Å². The van der Waals surface area contributed by atoms with E-state index in [9.17, 15) is 14.4 Å². The highest BCUT2D eigenvalue weighted by Gasteiger charge is 2.45. The Morgan fingerprint density at radius 1 is 1.19 bits per heavy atom. The van der Waals surface area contributed by atoms with Crippen LogP contribution in [0.2, 0.25) is 0 Å². The molecule has 2 aromatic rings. The number of aromatic nitrogens is 3. The molecule has 0 aromatic carbocycles. The van der Waals surface area contributed by atoms with Gasteiger partial charge in [-0.2, -0.15) is 0 Å². The molecule has 8 heteroatoms. The Hall–Kier alpha value is -2.90. The first kappa shape index (κ1) is 17.5. The molecule has 3 atom stereocenters. The predicted molar refractivity (Wildman–Crippen MR) is 97.7 cm³/mol. The molecule has 2 aromatic heterocycles. The number of fused-ring (bicyclic) bond motifs is 1. The molecule has 2 aliphatic rings. The number of amides is 1. The fourth-order valence-corrected chi connectivity index (χ4v) is 4.22. The van der Waals surface area contributed by atoms with Gasteiger partial charge in [-0.25, -0.2) is 4.79 Å². The Bertz CT molecular complexity index is 981. The summed E-state index contributed by atoms with van der Waals surface area (Å²) in [5.74, 6) is 1.08. The van der Waals surface area contributed by atoms with Crippen LogP contribution in [0, 0.1) is 11.8 Å². The molecule has 2 fully saturated rings. The van der Waals surface area contributed by atoms with Gasteiger partial charge >= 0.3 is 5.69 Å². The van der Waals surface area contributed by atoms with Crippen molar-refractivity contribution in [1.29, 1.82) is 0 Å². The normalized spacial score (nSPS) is 24.1. The van der Waals surface area contributed by atoms with E-state index in [4.69, 9.17) is 4.74 Å². The largest absolute Gasteiger partial charge is 0.488 e. The lowest BCUT2D eigenvalue weighted by atomic mass is 9.99. The van der Waals surface area contributed by atoms with Gasteiger partial charge in [0.15, 0.2) is 0 Å². The van der Waals surface area contributed by atoms with E-state index in [-0.39, 0.29) is 23.6 Å². The quantitative estimate of drug-likeness (QED) is 0.781. The van der Waals surface area contributed by atoms with Crippen LogP contribution in [0.1, 0.15) is 23.3 Å². The molecular formula is C19H22N4O4. The van der Waals surface area contributed by atoms with E-state index in [2.05, 4.69) is 4.98 Å². The molecule has 1 saturated heterocycles. The smallest absolute Gasteiger partial charge is 0.331 e. The van der Waals surface area contributed by atoms with E-state index in [0.717, 1.165) is 23.2 Å². The molecule has 4 rings (SSSR count). The van der Waals surface area contributed by atoms with Crippen molar-refractivity contribution in [2.75, 3.05) is 13.1 Å². The molecule has 0 N–H and O–H groups in total. The van der Waals surface area contributed by atoms with Crippen molar-refractivity contribution in [3.8, 4) is 5.75 Å². The first-order valence-electron chi connectivity index (χ1n) is 9.08. The zero-order chi connectivity index (χ0) is 19.1. The molecule has 1 aliphatic heterocycles. The lowest BCUT2D eigenvalue weighted by Gasteiger charge is -2.22. The molecule has 8 nitrogen and oxygen atoms in total. The molecule has 142 valence electrons. The van der Waals surface area contributed by atoms with Crippen LogP contribution in [0.25, 0.3) is 0 Å². The molecule has 1 saturated carbocycles. The topological polar surface area (TPSA) is 86.4 Å². The minimum absolute atomic E-state index is 0.0458. The number of hydrogen-bond acceptors (Lipinski definition) is 5. The van der Waals surface area contributed by atoms with E-state index in [1.165, 1.54) is 24.7 Å². The number of likely N-dealkylation sites (tertiary alicyclic amines) is 1. The van der Waals surface area contributed by atoms with E-state index in [1.807, 2.05) is 12.1 Å². The summed E-state index contributed by atoms with van der Waals surface area (Å²) in [5.41, 5.74) is -0.838. The molecule has 27 heavy (non-hydrogen) atoms. The van der Waals surface area contributed by atoms with Crippen LogP contribution < -0.4 is 16.0 Å². The van der Waals surface area contributed by atoms with Crippen LogP contribution in [0.15, 0.2) is 40.2 Å². The number of carbonyl (C=O) groups excluding carboxylic acids is 1. The van der Waals surface area contributed by atoms with Crippen molar-refractivity contribution in [1.82, 2.24) is 19.0 Å². The van der Waals surface area contributed by atoms with Gasteiger partial charge in [0.1, 0.15) is 17.5 Å². The minimum Gasteiger partial charge on any atom is -0.488 e. The van der Waals surface area contributed by atoms with Crippen LogP contribution in [0.4, 0.5) is 0 Å². The third kappa shape index (κ3) is 3.05. The monoisotopic (exact) mass is 370 g/mol. The van der Waals surface area contributed by atoms with Crippen molar-refractivity contribution in [3.63, 3.8) is 0 Å². The van der Waals surface area contributed by atoms with Crippen molar-refractivity contribution in [2.45, 2.75) is 18.9 Å². The number of carbonyl (C=O) groups is 1. The summed E-state index contributed by atoms with van der Waals surface area (Å²) in [6.45, 7) is 1.19. The Balaban J connectivity index is 1.52. The van der Waals surface area contributed by atoms with E-state index < -0.39 is 11.2 Å². The average Bonchev–Trinajstić information content (AvgIpc) is 3.25. The molecule has 0 bridgehead atoms. The summed E-state index contributed by atoms with van der Waals surface area (Å²) in [6.07, 6.45) is 5.39. The number of pyridine rings is 1. The van der Waals surface area contributed by atoms with Gasteiger partial charge in [0.25, 0.3) is 11.5 Å². The van der Waals surface area contributed by atoms with E-state index in [0.29, 0.717) is 19.0 Å². The molecule has 0 unspecified atom stereocenters. The predicted octanol–water partition coefficient (Wildman–Crippen LogP) is 0.409. The molecule has 1 aliphatic carbocycles. The minimum atomic E-state index is -0.497. The van der Waals surface area contributed by atoms with Gasteiger partial charge in [-0.1, -0.05) is 0 Å². The molecule has 3 heterocycles. The third-order valence-electron chi connectivity index (χ3n) is 5.75. The fourth-order valence-electron chi connectivity index (χ4n) is 4.22. The van der Waals surface area contributed by atoms with Crippen LogP contribution in [-0.4, -0.2) is 44.1 Å². The zero-order valence-electron chi connectivity index (χ0n) is 15.4. The number of nitrogens with zero attached hydrogens (tertiary/aromatic N) is 4. The van der Waals surface area contributed by atoms with Gasteiger partial charge in [0.05, 0.1) is 6.20 Å². The molecule has 0 radical (unpaired) electrons. The van der Waals surface area contributed by atoms with Gasteiger partial charge in [-0.05, 0) is 30.9 Å². The summed E-state index contributed by atoms with van der Waals surface area (Å²) < 4.78 is 8.32. The Kier molecular flexibility index (Phi) is 4.33. The van der Waals surface area contributed by atoms with Crippen LogP contribution in [-0.2, 0) is 14.1 Å². The summed E-state index contributed by atoms with van der Waals surface area (Å²) in [6, 6.07) is 4.96. The SMILES string of the molecule is Cn1c(C(=O)N2C[C@H]3CC[C@H](Oc4cccnc4)[C@H]3C2)cc(=O)n(C)c1=O. The van der Waals surface area contributed by atoms with E-state index in [1.54, 1.807) is 17.3 Å². The molecule has 0 spiro atoms. The summed E-state index contributed by atoms with van der Waals surface area (Å²) in [4.78, 5) is 42.8. The second kappa shape index (κ2) is 6.68. The summed E-state index contributed by atoms with van der Waals surface area (Å²) >= 11 is 0. The summed E-state index contributed by atoms with van der Waals surface area (Å²) in [7, 11) is 2.92. The maximum absolute atomic E-state index is 12.9. The second-order valence-electron chi connectivity index (χ2n) is 7.32. The highest BCUT2D eigenvalue weighted by atomic mass is 16.5. The van der Waals surface area contributed by atoms with Crippen molar-refractivity contribution in [3.05, 3.63) is 57.1 Å². The van der Waals surface area contributed by atoms with Crippen LogP contribution >= 0.6 is 0 Å². The number of ether oxygens (including phenoxy) is 1. The maximum Gasteiger partial charge on any atom is 0.331 e. The molecular weight excluding hydrogens is 348 g/mol. The number of hydrogen-bond donors (Lipinski definition) is 0. The first-order valence-corrected chi connectivity index (χ1v) is 9.08. The summed E-state index contributed by atoms with van der Waals surface area (Å²) in [5, 5.41) is 0. The van der Waals surface area contributed by atoms with Crippen LogP contribution in [0.5, 0.6) is 5.75 Å². The highest BCUT2D eigenvalue weighted by molar-refractivity contribution is 5.92. The van der Waals surface area contributed by atoms with Crippen LogP contribution in [0.3, 0.4) is 0 Å². The standard InChI is InChI=1S/C19H22N4O4/c1-21-15(8-17(24)22(2)19(21)26)18(25)23-10-12-5-6-16(14(12)11-23)27-13-4-3-7-20-9-13/h3-4,7-9,12,14,16H,5-6,10-11H2,1-2H3/t12-,14+,16+/m1/s1. The van der Waals surface area contributed by atoms with Crippen molar-refractivity contribution in [2.24, 2.45) is 25.9 Å². The lowest BCUT2D eigenvalue weighted by molar-refractivity contribution is 0.0750. The van der Waals surface area contributed by atoms with Gasteiger partial charge in [-0.15, -0.1) is 0 Å². The Labute approximate surface area is 156 Å². The maximum atomic E-state index is 12.9. The van der Waals surface area contributed by atoms with Gasteiger partial charge < -0.3 is 9.64 Å². The first-order chi connectivity index (χ1) is 13.0. The Morgan fingerprint density at radius 2 is 2.00 bits per heavy atom. The second-order valence-corrected chi connectivity index (χ2v) is 7.32. The fraction of sp³-hybridized carbons (Fsp3) is 0.474. The molecule has 1 amide bonds. The zero-order valence-corrected chi connectivity index (χ0v) is 15.4. The van der Waals surface area contributed by atoms with Crippen molar-refractivity contribution < 1.29 is 9.53 Å². The Morgan fingerprint density at radius 3 is 2.74 bits per heavy atom. The average molecular weight is 370 g/mol. The van der Waals surface area contributed by atoms with Gasteiger partial charge in [0.2, 0.25) is 0 Å². The number of rotatable bonds is 3. The van der Waals surface area contributed by atoms with Gasteiger partial charge in [-0.3, -0.25) is 23.7 Å². The van der Waals surface area contributed by atoms with E-state index >= 15 is 0 Å².